The average molecular weight is 376 g/mol. The van der Waals surface area contributed by atoms with E-state index in [0.717, 1.165) is 32.7 Å². The summed E-state index contributed by atoms with van der Waals surface area (Å²) in [6.07, 6.45) is 0. The van der Waals surface area contributed by atoms with Crippen molar-refractivity contribution in [1.82, 2.24) is 15.0 Å². The molecule has 1 heterocycles. The van der Waals surface area contributed by atoms with Gasteiger partial charge in [0.05, 0.1) is 5.69 Å². The van der Waals surface area contributed by atoms with E-state index in [1.54, 1.807) is 0 Å². The highest BCUT2D eigenvalue weighted by molar-refractivity contribution is 9.10. The van der Waals surface area contributed by atoms with E-state index in [4.69, 9.17) is 0 Å². The standard InChI is InChI=1S/C20H14BrN3/c21-18-14-8-7-13-17(18)19-20(15-9-3-1-4-10-15)24(23-22-19)16-11-5-2-6-12-16/h1-14H. The van der Waals surface area contributed by atoms with Gasteiger partial charge in [-0.2, -0.15) is 0 Å². The van der Waals surface area contributed by atoms with Gasteiger partial charge in [-0.25, -0.2) is 4.68 Å². The predicted octanol–water partition coefficient (Wildman–Crippen LogP) is 5.36. The third-order valence-corrected chi connectivity index (χ3v) is 4.54. The van der Waals surface area contributed by atoms with Gasteiger partial charge in [-0.1, -0.05) is 87.9 Å². The minimum atomic E-state index is 0.859. The summed E-state index contributed by atoms with van der Waals surface area (Å²) in [5.74, 6) is 0. The van der Waals surface area contributed by atoms with E-state index in [2.05, 4.69) is 44.4 Å². The second-order valence-electron chi connectivity index (χ2n) is 5.38. The second kappa shape index (κ2) is 6.42. The maximum Gasteiger partial charge on any atom is 0.122 e. The summed E-state index contributed by atoms with van der Waals surface area (Å²) in [5, 5.41) is 8.91. The van der Waals surface area contributed by atoms with E-state index in [1.165, 1.54) is 0 Å². The topological polar surface area (TPSA) is 30.7 Å². The molecule has 4 rings (SSSR count). The third-order valence-electron chi connectivity index (χ3n) is 3.85. The number of nitrogens with zero attached hydrogens (tertiary/aromatic N) is 3. The van der Waals surface area contributed by atoms with Crippen molar-refractivity contribution in [3.63, 3.8) is 0 Å². The van der Waals surface area contributed by atoms with Crippen LogP contribution in [0.5, 0.6) is 0 Å². The molecule has 0 aliphatic heterocycles. The second-order valence-corrected chi connectivity index (χ2v) is 6.23. The first-order valence-corrected chi connectivity index (χ1v) is 8.45. The highest BCUT2D eigenvalue weighted by atomic mass is 79.9. The van der Waals surface area contributed by atoms with Gasteiger partial charge in [0.1, 0.15) is 11.4 Å². The van der Waals surface area contributed by atoms with Gasteiger partial charge in [0.2, 0.25) is 0 Å². The maximum atomic E-state index is 4.48. The van der Waals surface area contributed by atoms with Crippen LogP contribution in [0.1, 0.15) is 0 Å². The summed E-state index contributed by atoms with van der Waals surface area (Å²) in [5.41, 5.74) is 4.93. The van der Waals surface area contributed by atoms with Gasteiger partial charge in [0.15, 0.2) is 0 Å². The fourth-order valence-corrected chi connectivity index (χ4v) is 3.19. The van der Waals surface area contributed by atoms with Crippen molar-refractivity contribution in [2.24, 2.45) is 0 Å². The molecule has 0 amide bonds. The normalized spacial score (nSPS) is 10.7. The molecule has 3 nitrogen and oxygen atoms in total. The molecule has 0 N–H and O–H groups in total. The Hall–Kier alpha value is -2.72. The molecule has 0 aliphatic rings. The van der Waals surface area contributed by atoms with Crippen LogP contribution in [0.15, 0.2) is 89.4 Å². The van der Waals surface area contributed by atoms with Crippen LogP contribution in [0.4, 0.5) is 0 Å². The van der Waals surface area contributed by atoms with Crippen molar-refractivity contribution >= 4 is 15.9 Å². The highest BCUT2D eigenvalue weighted by Gasteiger charge is 2.19. The fourth-order valence-electron chi connectivity index (χ4n) is 2.72. The Labute approximate surface area is 148 Å². The average Bonchev–Trinajstić information content (AvgIpc) is 3.08. The molecule has 116 valence electrons. The van der Waals surface area contributed by atoms with Gasteiger partial charge < -0.3 is 0 Å². The van der Waals surface area contributed by atoms with E-state index in [1.807, 2.05) is 71.4 Å². The van der Waals surface area contributed by atoms with Crippen LogP contribution < -0.4 is 0 Å². The number of hydrogen-bond donors (Lipinski definition) is 0. The molecule has 24 heavy (non-hydrogen) atoms. The third kappa shape index (κ3) is 2.65. The Balaban J connectivity index is 2.00. The van der Waals surface area contributed by atoms with Crippen molar-refractivity contribution in [3.05, 3.63) is 89.4 Å². The molecule has 4 heteroatoms. The molecule has 0 bridgehead atoms. The molecule has 0 radical (unpaired) electrons. The Morgan fingerprint density at radius 1 is 0.708 bits per heavy atom. The lowest BCUT2D eigenvalue weighted by Crippen LogP contribution is -1.99. The number of para-hydroxylation sites is 1. The Kier molecular flexibility index (Phi) is 3.97. The Morgan fingerprint density at radius 3 is 2.04 bits per heavy atom. The maximum absolute atomic E-state index is 4.48. The van der Waals surface area contributed by atoms with Gasteiger partial charge in [-0.15, -0.1) is 5.10 Å². The number of benzene rings is 3. The summed E-state index contributed by atoms with van der Waals surface area (Å²) >= 11 is 3.63. The van der Waals surface area contributed by atoms with Crippen LogP contribution >= 0.6 is 15.9 Å². The quantitative estimate of drug-likeness (QED) is 0.482. The smallest absolute Gasteiger partial charge is 0.122 e. The Morgan fingerprint density at radius 2 is 1.33 bits per heavy atom. The van der Waals surface area contributed by atoms with Crippen LogP contribution in [0.3, 0.4) is 0 Å². The van der Waals surface area contributed by atoms with Crippen LogP contribution in [-0.4, -0.2) is 15.0 Å². The SMILES string of the molecule is Brc1ccccc1-c1nnn(-c2ccccc2)c1-c1ccccc1. The molecule has 0 saturated heterocycles. The minimum absolute atomic E-state index is 0.859. The zero-order valence-electron chi connectivity index (χ0n) is 12.8. The van der Waals surface area contributed by atoms with Crippen molar-refractivity contribution in [2.75, 3.05) is 0 Å². The zero-order valence-corrected chi connectivity index (χ0v) is 14.4. The van der Waals surface area contributed by atoms with Crippen LogP contribution in [-0.2, 0) is 0 Å². The van der Waals surface area contributed by atoms with Crippen LogP contribution in [0.25, 0.3) is 28.2 Å². The van der Waals surface area contributed by atoms with E-state index in [-0.39, 0.29) is 0 Å². The number of halogens is 1. The predicted molar refractivity (Wildman–Crippen MR) is 99.9 cm³/mol. The summed E-state index contributed by atoms with van der Waals surface area (Å²) in [6.45, 7) is 0. The minimum Gasteiger partial charge on any atom is -0.212 e. The number of hydrogen-bond acceptors (Lipinski definition) is 2. The first-order valence-electron chi connectivity index (χ1n) is 7.66. The lowest BCUT2D eigenvalue weighted by Gasteiger charge is -2.09. The summed E-state index contributed by atoms with van der Waals surface area (Å²) in [6, 6.07) is 28.4. The lowest BCUT2D eigenvalue weighted by atomic mass is 10.0. The molecule has 0 saturated carbocycles. The molecule has 0 atom stereocenters. The van der Waals surface area contributed by atoms with Gasteiger partial charge in [0, 0.05) is 15.6 Å². The van der Waals surface area contributed by atoms with Gasteiger partial charge in [0.25, 0.3) is 0 Å². The molecule has 0 aliphatic carbocycles. The lowest BCUT2D eigenvalue weighted by molar-refractivity contribution is 0.808. The summed E-state index contributed by atoms with van der Waals surface area (Å²) < 4.78 is 2.90. The summed E-state index contributed by atoms with van der Waals surface area (Å²) in [7, 11) is 0. The van der Waals surface area contributed by atoms with Gasteiger partial charge in [-0.3, -0.25) is 0 Å². The summed E-state index contributed by atoms with van der Waals surface area (Å²) in [4.78, 5) is 0. The fraction of sp³-hybridized carbons (Fsp3) is 0. The van der Waals surface area contributed by atoms with Crippen molar-refractivity contribution in [1.29, 1.82) is 0 Å². The van der Waals surface area contributed by atoms with Crippen LogP contribution in [0.2, 0.25) is 0 Å². The molecule has 1 aromatic heterocycles. The molecule has 4 aromatic rings. The van der Waals surface area contributed by atoms with E-state index in [0.29, 0.717) is 0 Å². The molecule has 3 aromatic carbocycles. The van der Waals surface area contributed by atoms with E-state index >= 15 is 0 Å². The van der Waals surface area contributed by atoms with E-state index in [9.17, 15) is 0 Å². The molecular formula is C20H14BrN3. The molecule has 0 unspecified atom stereocenters. The van der Waals surface area contributed by atoms with Crippen LogP contribution in [0, 0.1) is 0 Å². The largest absolute Gasteiger partial charge is 0.212 e. The van der Waals surface area contributed by atoms with Crippen molar-refractivity contribution in [3.8, 4) is 28.2 Å². The monoisotopic (exact) mass is 375 g/mol. The number of rotatable bonds is 3. The first-order chi connectivity index (χ1) is 11.8. The number of aromatic nitrogens is 3. The first kappa shape index (κ1) is 14.8. The zero-order chi connectivity index (χ0) is 16.4. The highest BCUT2D eigenvalue weighted by Crippen LogP contribution is 2.35. The van der Waals surface area contributed by atoms with Gasteiger partial charge >= 0.3 is 0 Å². The van der Waals surface area contributed by atoms with Crippen molar-refractivity contribution < 1.29 is 0 Å². The van der Waals surface area contributed by atoms with E-state index < -0.39 is 0 Å². The molecule has 0 fully saturated rings. The van der Waals surface area contributed by atoms with Gasteiger partial charge in [-0.05, 0) is 18.2 Å². The Bertz CT molecular complexity index is 963. The molecular weight excluding hydrogens is 362 g/mol. The molecule has 0 spiro atoms. The van der Waals surface area contributed by atoms with Crippen molar-refractivity contribution in [2.45, 2.75) is 0 Å².